The average Bonchev–Trinajstić information content (AvgIpc) is 3.38. The van der Waals surface area contributed by atoms with E-state index in [1.807, 2.05) is 35.2 Å². The molecule has 2 aromatic rings. The van der Waals surface area contributed by atoms with Gasteiger partial charge in [0.25, 0.3) is 5.91 Å². The molecule has 22 heavy (non-hydrogen) atoms. The highest BCUT2D eigenvalue weighted by molar-refractivity contribution is 5.94. The van der Waals surface area contributed by atoms with E-state index in [9.17, 15) is 9.18 Å². The normalized spacial score (nSPS) is 15.4. The number of carbonyl (C=O) groups excluding carboxylic acids is 1. The number of rotatable bonds is 5. The molecule has 0 saturated heterocycles. The van der Waals surface area contributed by atoms with Gasteiger partial charge in [-0.3, -0.25) is 4.79 Å². The van der Waals surface area contributed by atoms with E-state index in [1.165, 1.54) is 25.0 Å². The first-order valence-electron chi connectivity index (χ1n) is 7.75. The topological polar surface area (TPSA) is 20.3 Å². The second kappa shape index (κ2) is 6.30. The highest BCUT2D eigenvalue weighted by Crippen LogP contribution is 2.36. The van der Waals surface area contributed by atoms with E-state index >= 15 is 0 Å². The Morgan fingerprint density at radius 2 is 1.77 bits per heavy atom. The Kier molecular flexibility index (Phi) is 4.23. The quantitative estimate of drug-likeness (QED) is 0.807. The van der Waals surface area contributed by atoms with Crippen molar-refractivity contribution in [2.45, 2.75) is 32.4 Å². The summed E-state index contributed by atoms with van der Waals surface area (Å²) < 4.78 is 13.1. The monoisotopic (exact) mass is 297 g/mol. The third-order valence-corrected chi connectivity index (χ3v) is 4.34. The molecule has 0 N–H and O–H groups in total. The Hall–Kier alpha value is -2.16. The Balaban J connectivity index is 1.84. The molecule has 114 valence electrons. The van der Waals surface area contributed by atoms with Gasteiger partial charge in [-0.05, 0) is 55.5 Å². The molecular formula is C19H20FNO. The average molecular weight is 297 g/mol. The minimum atomic E-state index is -0.318. The first kappa shape index (κ1) is 14.8. The molecule has 0 aliphatic heterocycles. The third-order valence-electron chi connectivity index (χ3n) is 4.34. The van der Waals surface area contributed by atoms with E-state index in [1.54, 1.807) is 12.1 Å². The molecule has 1 fully saturated rings. The highest BCUT2D eigenvalue weighted by Gasteiger charge is 2.34. The summed E-state index contributed by atoms with van der Waals surface area (Å²) in [5.74, 6) is 0.248. The maximum Gasteiger partial charge on any atom is 0.254 e. The van der Waals surface area contributed by atoms with Gasteiger partial charge in [-0.2, -0.15) is 0 Å². The van der Waals surface area contributed by atoms with Crippen molar-refractivity contribution in [1.29, 1.82) is 0 Å². The van der Waals surface area contributed by atoms with Gasteiger partial charge in [0.1, 0.15) is 5.82 Å². The fourth-order valence-corrected chi connectivity index (χ4v) is 2.77. The fourth-order valence-electron chi connectivity index (χ4n) is 2.77. The van der Waals surface area contributed by atoms with Crippen LogP contribution in [0.2, 0.25) is 0 Å². The summed E-state index contributed by atoms with van der Waals surface area (Å²) in [6.45, 7) is 2.71. The van der Waals surface area contributed by atoms with Crippen molar-refractivity contribution >= 4 is 5.91 Å². The van der Waals surface area contributed by atoms with Crippen LogP contribution in [0, 0.1) is 11.7 Å². The Morgan fingerprint density at radius 1 is 1.14 bits per heavy atom. The lowest BCUT2D eigenvalue weighted by atomic mass is 10.1. The van der Waals surface area contributed by atoms with Crippen LogP contribution < -0.4 is 0 Å². The zero-order valence-corrected chi connectivity index (χ0v) is 12.7. The lowest BCUT2D eigenvalue weighted by molar-refractivity contribution is 0.0654. The highest BCUT2D eigenvalue weighted by atomic mass is 19.1. The number of carbonyl (C=O) groups is 1. The number of hydrogen-bond donors (Lipinski definition) is 0. The molecule has 1 saturated carbocycles. The predicted molar refractivity (Wildman–Crippen MR) is 84.9 cm³/mol. The summed E-state index contributed by atoms with van der Waals surface area (Å²) in [6, 6.07) is 16.0. The van der Waals surface area contributed by atoms with Crippen LogP contribution in [-0.4, -0.2) is 16.8 Å². The lowest BCUT2D eigenvalue weighted by Crippen LogP contribution is -2.39. The fraction of sp³-hybridized carbons (Fsp3) is 0.316. The summed E-state index contributed by atoms with van der Waals surface area (Å²) in [4.78, 5) is 14.8. The standard InChI is InChI=1S/C19H20FNO/c1-14(16-7-8-16)21(13-15-5-3-2-4-6-15)19(22)17-9-11-18(20)12-10-17/h2-6,9-12,14,16H,7-8,13H2,1H3/t14-/m0/s1. The van der Waals surface area contributed by atoms with Crippen LogP contribution in [-0.2, 0) is 6.54 Å². The second-order valence-electron chi connectivity index (χ2n) is 6.00. The molecule has 0 unspecified atom stereocenters. The van der Waals surface area contributed by atoms with E-state index < -0.39 is 0 Å². The predicted octanol–water partition coefficient (Wildman–Crippen LogP) is 4.27. The Bertz CT molecular complexity index is 634. The molecule has 3 rings (SSSR count). The van der Waals surface area contributed by atoms with Gasteiger partial charge in [0.2, 0.25) is 0 Å². The van der Waals surface area contributed by atoms with E-state index in [2.05, 4.69) is 6.92 Å². The van der Waals surface area contributed by atoms with Crippen molar-refractivity contribution in [3.05, 3.63) is 71.5 Å². The Labute approximate surface area is 130 Å². The molecule has 0 heterocycles. The maximum absolute atomic E-state index is 13.1. The first-order valence-corrected chi connectivity index (χ1v) is 7.75. The number of hydrogen-bond acceptors (Lipinski definition) is 1. The van der Waals surface area contributed by atoms with Crippen LogP contribution in [0.15, 0.2) is 54.6 Å². The molecule has 0 aromatic heterocycles. The van der Waals surface area contributed by atoms with E-state index in [-0.39, 0.29) is 17.8 Å². The molecule has 0 bridgehead atoms. The van der Waals surface area contributed by atoms with Crippen LogP contribution in [0.25, 0.3) is 0 Å². The molecule has 3 heteroatoms. The van der Waals surface area contributed by atoms with Crippen LogP contribution in [0.4, 0.5) is 4.39 Å². The van der Waals surface area contributed by atoms with Gasteiger partial charge in [-0.1, -0.05) is 30.3 Å². The van der Waals surface area contributed by atoms with E-state index in [0.717, 1.165) is 5.56 Å². The van der Waals surface area contributed by atoms with Crippen molar-refractivity contribution in [3.63, 3.8) is 0 Å². The molecule has 0 spiro atoms. The summed E-state index contributed by atoms with van der Waals surface area (Å²) in [7, 11) is 0. The number of benzene rings is 2. The molecule has 0 radical (unpaired) electrons. The zero-order valence-electron chi connectivity index (χ0n) is 12.7. The van der Waals surface area contributed by atoms with Gasteiger partial charge in [0.05, 0.1) is 0 Å². The van der Waals surface area contributed by atoms with E-state index in [4.69, 9.17) is 0 Å². The van der Waals surface area contributed by atoms with Gasteiger partial charge in [-0.15, -0.1) is 0 Å². The Morgan fingerprint density at radius 3 is 2.36 bits per heavy atom. The van der Waals surface area contributed by atoms with Crippen LogP contribution in [0.1, 0.15) is 35.7 Å². The van der Waals surface area contributed by atoms with E-state index in [0.29, 0.717) is 18.0 Å². The second-order valence-corrected chi connectivity index (χ2v) is 6.00. The van der Waals surface area contributed by atoms with Crippen LogP contribution in [0.3, 0.4) is 0 Å². The van der Waals surface area contributed by atoms with Gasteiger partial charge in [0, 0.05) is 18.2 Å². The molecule has 1 atom stereocenters. The van der Waals surface area contributed by atoms with Crippen molar-refractivity contribution in [3.8, 4) is 0 Å². The lowest BCUT2D eigenvalue weighted by Gasteiger charge is -2.30. The van der Waals surface area contributed by atoms with Crippen LogP contribution in [0.5, 0.6) is 0 Å². The number of halogens is 1. The largest absolute Gasteiger partial charge is 0.331 e. The molecular weight excluding hydrogens is 277 g/mol. The smallest absolute Gasteiger partial charge is 0.254 e. The van der Waals surface area contributed by atoms with Crippen molar-refractivity contribution < 1.29 is 9.18 Å². The van der Waals surface area contributed by atoms with Gasteiger partial charge in [-0.25, -0.2) is 4.39 Å². The molecule has 1 aliphatic rings. The minimum absolute atomic E-state index is 0.0248. The maximum atomic E-state index is 13.1. The summed E-state index contributed by atoms with van der Waals surface area (Å²) in [5, 5.41) is 0. The number of amides is 1. The van der Waals surface area contributed by atoms with Gasteiger partial charge >= 0.3 is 0 Å². The molecule has 2 aromatic carbocycles. The third kappa shape index (κ3) is 3.35. The molecule has 1 aliphatic carbocycles. The van der Waals surface area contributed by atoms with Gasteiger partial charge < -0.3 is 4.90 Å². The van der Waals surface area contributed by atoms with Crippen molar-refractivity contribution in [2.24, 2.45) is 5.92 Å². The van der Waals surface area contributed by atoms with Gasteiger partial charge in [0.15, 0.2) is 0 Å². The number of nitrogens with zero attached hydrogens (tertiary/aromatic N) is 1. The minimum Gasteiger partial charge on any atom is -0.331 e. The van der Waals surface area contributed by atoms with Crippen molar-refractivity contribution in [2.75, 3.05) is 0 Å². The molecule has 1 amide bonds. The summed E-state index contributed by atoms with van der Waals surface area (Å²) in [5.41, 5.74) is 1.66. The summed E-state index contributed by atoms with van der Waals surface area (Å²) >= 11 is 0. The summed E-state index contributed by atoms with van der Waals surface area (Å²) in [6.07, 6.45) is 2.37. The zero-order chi connectivity index (χ0) is 15.5. The van der Waals surface area contributed by atoms with Crippen LogP contribution >= 0.6 is 0 Å². The first-order chi connectivity index (χ1) is 10.6. The SMILES string of the molecule is C[C@@H](C1CC1)N(Cc1ccccc1)C(=O)c1ccc(F)cc1. The molecule has 2 nitrogen and oxygen atoms in total. The van der Waals surface area contributed by atoms with Crippen molar-refractivity contribution in [1.82, 2.24) is 4.90 Å².